The van der Waals surface area contributed by atoms with Gasteiger partial charge in [-0.1, -0.05) is 18.7 Å². The number of benzene rings is 1. The fraction of sp³-hybridized carbons (Fsp3) is 0.188. The van der Waals surface area contributed by atoms with Crippen LogP contribution in [0, 0.1) is 0 Å². The Morgan fingerprint density at radius 1 is 1.15 bits per heavy atom. The molecule has 0 aliphatic rings. The lowest BCUT2D eigenvalue weighted by atomic mass is 10.0. The SMILES string of the molecule is C=C(c1ccc(OC)cc1)c1ncccc1OCOC. The van der Waals surface area contributed by atoms with Gasteiger partial charge in [0.05, 0.1) is 7.11 Å². The predicted molar refractivity (Wildman–Crippen MR) is 77.9 cm³/mol. The van der Waals surface area contributed by atoms with Crippen molar-refractivity contribution in [2.75, 3.05) is 21.0 Å². The van der Waals surface area contributed by atoms with E-state index in [0.717, 1.165) is 16.9 Å². The zero-order valence-electron chi connectivity index (χ0n) is 11.6. The highest BCUT2D eigenvalue weighted by atomic mass is 16.7. The van der Waals surface area contributed by atoms with E-state index < -0.39 is 0 Å². The van der Waals surface area contributed by atoms with E-state index in [9.17, 15) is 0 Å². The first-order chi connectivity index (χ1) is 9.76. The van der Waals surface area contributed by atoms with Crippen molar-refractivity contribution >= 4 is 5.57 Å². The van der Waals surface area contributed by atoms with Gasteiger partial charge in [0.25, 0.3) is 0 Å². The first-order valence-electron chi connectivity index (χ1n) is 6.16. The number of rotatable bonds is 6. The molecule has 2 rings (SSSR count). The van der Waals surface area contributed by atoms with Gasteiger partial charge in [0.15, 0.2) is 6.79 Å². The largest absolute Gasteiger partial charge is 0.497 e. The highest BCUT2D eigenvalue weighted by Crippen LogP contribution is 2.28. The van der Waals surface area contributed by atoms with Crippen LogP contribution in [-0.4, -0.2) is 26.0 Å². The van der Waals surface area contributed by atoms with E-state index in [2.05, 4.69) is 11.6 Å². The Kier molecular flexibility index (Phi) is 4.74. The zero-order valence-corrected chi connectivity index (χ0v) is 11.6. The molecule has 2 aromatic rings. The lowest BCUT2D eigenvalue weighted by Crippen LogP contribution is -2.03. The van der Waals surface area contributed by atoms with Crippen molar-refractivity contribution in [2.45, 2.75) is 0 Å². The molecule has 0 atom stereocenters. The highest BCUT2D eigenvalue weighted by molar-refractivity contribution is 5.79. The van der Waals surface area contributed by atoms with Gasteiger partial charge in [-0.3, -0.25) is 4.98 Å². The van der Waals surface area contributed by atoms with Crippen LogP contribution in [0.2, 0.25) is 0 Å². The second kappa shape index (κ2) is 6.73. The standard InChI is InChI=1S/C16H17NO3/c1-12(13-6-8-14(19-3)9-7-13)16-15(20-11-18-2)5-4-10-17-16/h4-10H,1,11H2,2-3H3. The van der Waals surface area contributed by atoms with Crippen molar-refractivity contribution in [3.63, 3.8) is 0 Å². The monoisotopic (exact) mass is 271 g/mol. The highest BCUT2D eigenvalue weighted by Gasteiger charge is 2.10. The zero-order chi connectivity index (χ0) is 14.4. The number of nitrogens with zero attached hydrogens (tertiary/aromatic N) is 1. The van der Waals surface area contributed by atoms with Crippen LogP contribution in [-0.2, 0) is 4.74 Å². The third-order valence-electron chi connectivity index (χ3n) is 2.83. The van der Waals surface area contributed by atoms with E-state index in [1.807, 2.05) is 36.4 Å². The van der Waals surface area contributed by atoms with Crippen LogP contribution in [0.25, 0.3) is 5.57 Å². The van der Waals surface area contributed by atoms with E-state index in [0.29, 0.717) is 11.4 Å². The van der Waals surface area contributed by atoms with Gasteiger partial charge < -0.3 is 14.2 Å². The topological polar surface area (TPSA) is 40.6 Å². The quantitative estimate of drug-likeness (QED) is 0.757. The van der Waals surface area contributed by atoms with Crippen LogP contribution in [0.3, 0.4) is 0 Å². The molecule has 1 aromatic carbocycles. The molecule has 4 nitrogen and oxygen atoms in total. The predicted octanol–water partition coefficient (Wildman–Crippen LogP) is 3.13. The summed E-state index contributed by atoms with van der Waals surface area (Å²) in [6, 6.07) is 11.3. The summed E-state index contributed by atoms with van der Waals surface area (Å²) in [5.74, 6) is 1.45. The summed E-state index contributed by atoms with van der Waals surface area (Å²) >= 11 is 0. The molecule has 0 N–H and O–H groups in total. The van der Waals surface area contributed by atoms with E-state index in [1.54, 1.807) is 20.4 Å². The number of methoxy groups -OCH3 is 2. The summed E-state index contributed by atoms with van der Waals surface area (Å²) in [4.78, 5) is 4.34. The molecule has 104 valence electrons. The number of pyridine rings is 1. The minimum atomic E-state index is 0.175. The van der Waals surface area contributed by atoms with E-state index >= 15 is 0 Å². The summed E-state index contributed by atoms with van der Waals surface area (Å²) < 4.78 is 15.6. The van der Waals surface area contributed by atoms with Gasteiger partial charge in [0.1, 0.15) is 17.2 Å². The van der Waals surface area contributed by atoms with Gasteiger partial charge in [0, 0.05) is 18.9 Å². The molecule has 0 unspecified atom stereocenters. The summed E-state index contributed by atoms with van der Waals surface area (Å²) in [7, 11) is 3.22. The van der Waals surface area contributed by atoms with Gasteiger partial charge in [-0.05, 0) is 29.8 Å². The molecule has 1 heterocycles. The van der Waals surface area contributed by atoms with Crippen LogP contribution >= 0.6 is 0 Å². The molecule has 0 bridgehead atoms. The van der Waals surface area contributed by atoms with Crippen molar-refractivity contribution in [3.8, 4) is 11.5 Å². The van der Waals surface area contributed by atoms with Crippen molar-refractivity contribution in [2.24, 2.45) is 0 Å². The van der Waals surface area contributed by atoms with Gasteiger partial charge >= 0.3 is 0 Å². The first-order valence-corrected chi connectivity index (χ1v) is 6.16. The summed E-state index contributed by atoms with van der Waals surface area (Å²) in [6.45, 7) is 4.27. The third-order valence-corrected chi connectivity index (χ3v) is 2.83. The Labute approximate surface area is 118 Å². The normalized spacial score (nSPS) is 10.1. The minimum Gasteiger partial charge on any atom is -0.497 e. The van der Waals surface area contributed by atoms with Gasteiger partial charge in [-0.15, -0.1) is 0 Å². The summed E-state index contributed by atoms with van der Waals surface area (Å²) in [5.41, 5.74) is 2.46. The second-order valence-electron chi connectivity index (χ2n) is 4.11. The Hall–Kier alpha value is -2.33. The van der Waals surface area contributed by atoms with Crippen molar-refractivity contribution in [1.29, 1.82) is 0 Å². The Bertz CT molecular complexity index is 579. The number of hydrogen-bond acceptors (Lipinski definition) is 4. The Morgan fingerprint density at radius 2 is 1.90 bits per heavy atom. The molecule has 0 saturated carbocycles. The van der Waals surface area contributed by atoms with Gasteiger partial charge in [-0.25, -0.2) is 0 Å². The molecule has 1 aromatic heterocycles. The van der Waals surface area contributed by atoms with E-state index in [1.165, 1.54) is 0 Å². The maximum atomic E-state index is 5.50. The lowest BCUT2D eigenvalue weighted by molar-refractivity contribution is 0.0506. The maximum Gasteiger partial charge on any atom is 0.188 e. The molecule has 0 aliphatic carbocycles. The minimum absolute atomic E-state index is 0.175. The molecule has 0 aliphatic heterocycles. The molecule has 20 heavy (non-hydrogen) atoms. The molecular formula is C16H17NO3. The molecular weight excluding hydrogens is 254 g/mol. The van der Waals surface area contributed by atoms with Crippen LogP contribution in [0.5, 0.6) is 11.5 Å². The van der Waals surface area contributed by atoms with Crippen molar-refractivity contribution < 1.29 is 14.2 Å². The van der Waals surface area contributed by atoms with E-state index in [-0.39, 0.29) is 6.79 Å². The van der Waals surface area contributed by atoms with Crippen molar-refractivity contribution in [1.82, 2.24) is 4.98 Å². The van der Waals surface area contributed by atoms with Gasteiger partial charge in [0.2, 0.25) is 0 Å². The molecule has 0 radical (unpaired) electrons. The Morgan fingerprint density at radius 3 is 2.55 bits per heavy atom. The average molecular weight is 271 g/mol. The summed E-state index contributed by atoms with van der Waals surface area (Å²) in [5, 5.41) is 0. The van der Waals surface area contributed by atoms with Crippen LogP contribution in [0.1, 0.15) is 11.3 Å². The fourth-order valence-corrected chi connectivity index (χ4v) is 1.78. The molecule has 0 amide bonds. The number of hydrogen-bond donors (Lipinski definition) is 0. The number of aromatic nitrogens is 1. The average Bonchev–Trinajstić information content (AvgIpc) is 2.52. The first kappa shape index (κ1) is 14.1. The lowest BCUT2D eigenvalue weighted by Gasteiger charge is -2.12. The van der Waals surface area contributed by atoms with E-state index in [4.69, 9.17) is 14.2 Å². The Balaban J connectivity index is 2.27. The number of ether oxygens (including phenoxy) is 3. The summed E-state index contributed by atoms with van der Waals surface area (Å²) in [6.07, 6.45) is 1.71. The maximum absolute atomic E-state index is 5.50. The molecule has 0 spiro atoms. The fourth-order valence-electron chi connectivity index (χ4n) is 1.78. The van der Waals surface area contributed by atoms with Crippen LogP contribution < -0.4 is 9.47 Å². The third kappa shape index (κ3) is 3.16. The van der Waals surface area contributed by atoms with Crippen LogP contribution in [0.15, 0.2) is 49.2 Å². The molecule has 0 saturated heterocycles. The van der Waals surface area contributed by atoms with Gasteiger partial charge in [-0.2, -0.15) is 0 Å². The second-order valence-corrected chi connectivity index (χ2v) is 4.11. The molecule has 0 fully saturated rings. The van der Waals surface area contributed by atoms with Crippen LogP contribution in [0.4, 0.5) is 0 Å². The smallest absolute Gasteiger partial charge is 0.188 e. The van der Waals surface area contributed by atoms with Crippen molar-refractivity contribution in [3.05, 3.63) is 60.4 Å². The molecule has 4 heteroatoms.